The Hall–Kier alpha value is -0.0900. The lowest BCUT2D eigenvalue weighted by Crippen LogP contribution is -2.43. The zero-order valence-electron chi connectivity index (χ0n) is 8.51. The fourth-order valence-electron chi connectivity index (χ4n) is 0.525. The van der Waals surface area contributed by atoms with Gasteiger partial charge in [-0.25, -0.2) is 13.1 Å². The van der Waals surface area contributed by atoms with Gasteiger partial charge in [0.05, 0.1) is 4.75 Å². The van der Waals surface area contributed by atoms with Crippen molar-refractivity contribution in [2.24, 2.45) is 0 Å². The summed E-state index contributed by atoms with van der Waals surface area (Å²) >= 11 is 0. The number of sulfonamides is 1. The summed E-state index contributed by atoms with van der Waals surface area (Å²) in [4.78, 5) is 0. The summed E-state index contributed by atoms with van der Waals surface area (Å²) in [5.74, 6) is 0. The van der Waals surface area contributed by atoms with Crippen molar-refractivity contribution < 1.29 is 8.42 Å². The highest BCUT2D eigenvalue weighted by molar-refractivity contribution is 7.90. The normalized spacial score (nSPS) is 16.1. The molecule has 0 saturated carbocycles. The molecule has 74 valence electrons. The summed E-state index contributed by atoms with van der Waals surface area (Å²) in [5, 5.41) is 0. The molecule has 0 aliphatic heterocycles. The highest BCUT2D eigenvalue weighted by Gasteiger charge is 2.29. The maximum Gasteiger partial charge on any atom is 0.216 e. The van der Waals surface area contributed by atoms with Gasteiger partial charge in [-0.2, -0.15) is 0 Å². The highest BCUT2D eigenvalue weighted by atomic mass is 32.2. The summed E-state index contributed by atoms with van der Waals surface area (Å²) < 4.78 is 24.9. The van der Waals surface area contributed by atoms with Gasteiger partial charge in [-0.15, -0.1) is 0 Å². The van der Waals surface area contributed by atoms with Gasteiger partial charge >= 0.3 is 0 Å². The van der Waals surface area contributed by atoms with Crippen LogP contribution in [-0.4, -0.2) is 19.2 Å². The molecule has 3 nitrogen and oxygen atoms in total. The van der Waals surface area contributed by atoms with Crippen LogP contribution in [0.4, 0.5) is 0 Å². The van der Waals surface area contributed by atoms with Gasteiger partial charge in [0.1, 0.15) is 0 Å². The van der Waals surface area contributed by atoms with E-state index in [0.717, 1.165) is 6.42 Å². The monoisotopic (exact) mass is 193 g/mol. The Bertz CT molecular complexity index is 226. The summed E-state index contributed by atoms with van der Waals surface area (Å²) in [5.41, 5.74) is 0. The van der Waals surface area contributed by atoms with Crippen molar-refractivity contribution in [3.8, 4) is 0 Å². The molecule has 0 aliphatic carbocycles. The third-order valence-corrected chi connectivity index (χ3v) is 4.10. The number of nitrogens with one attached hydrogen (secondary N) is 1. The molecule has 12 heavy (non-hydrogen) atoms. The third kappa shape index (κ3) is 3.11. The standard InChI is InChI=1S/C8H19NO2S/c1-6-7(2)9-12(10,11)8(3,4)5/h7,9H,6H2,1-5H3/t7-/m0/s1. The lowest BCUT2D eigenvalue weighted by molar-refractivity contribution is 0.524. The van der Waals surface area contributed by atoms with Crippen molar-refractivity contribution in [2.45, 2.75) is 51.8 Å². The molecule has 1 N–H and O–H groups in total. The Morgan fingerprint density at radius 2 is 1.75 bits per heavy atom. The minimum absolute atomic E-state index is 0.0224. The lowest BCUT2D eigenvalue weighted by atomic mass is 10.3. The van der Waals surface area contributed by atoms with E-state index in [0.29, 0.717) is 0 Å². The molecular formula is C8H19NO2S. The predicted molar refractivity (Wildman–Crippen MR) is 51.6 cm³/mol. The smallest absolute Gasteiger partial charge is 0.212 e. The van der Waals surface area contributed by atoms with Crippen LogP contribution >= 0.6 is 0 Å². The Morgan fingerprint density at radius 1 is 1.33 bits per heavy atom. The van der Waals surface area contributed by atoms with Crippen LogP contribution in [0.1, 0.15) is 41.0 Å². The number of hydrogen-bond donors (Lipinski definition) is 1. The van der Waals surface area contributed by atoms with Gasteiger partial charge in [-0.1, -0.05) is 6.92 Å². The first-order valence-electron chi connectivity index (χ1n) is 4.22. The molecule has 0 saturated heterocycles. The molecule has 0 aromatic carbocycles. The third-order valence-electron chi connectivity index (χ3n) is 1.77. The Morgan fingerprint density at radius 3 is 2.00 bits per heavy atom. The van der Waals surface area contributed by atoms with Crippen molar-refractivity contribution in [2.75, 3.05) is 0 Å². The summed E-state index contributed by atoms with van der Waals surface area (Å²) in [6.45, 7) is 8.90. The maximum absolute atomic E-state index is 11.5. The van der Waals surface area contributed by atoms with Gasteiger partial charge in [0.15, 0.2) is 0 Å². The van der Waals surface area contributed by atoms with E-state index in [9.17, 15) is 8.42 Å². The second-order valence-corrected chi connectivity index (χ2v) is 6.51. The summed E-state index contributed by atoms with van der Waals surface area (Å²) in [6.07, 6.45) is 0.815. The van der Waals surface area contributed by atoms with Crippen LogP contribution in [0.3, 0.4) is 0 Å². The molecule has 0 aromatic heterocycles. The lowest BCUT2D eigenvalue weighted by Gasteiger charge is -2.22. The van der Waals surface area contributed by atoms with Crippen LogP contribution < -0.4 is 4.72 Å². The molecule has 0 amide bonds. The predicted octanol–water partition coefficient (Wildman–Crippen LogP) is 1.50. The largest absolute Gasteiger partial charge is 0.216 e. The van der Waals surface area contributed by atoms with Crippen molar-refractivity contribution in [3.05, 3.63) is 0 Å². The van der Waals surface area contributed by atoms with Crippen LogP contribution in [0.25, 0.3) is 0 Å². The van der Waals surface area contributed by atoms with E-state index in [2.05, 4.69) is 4.72 Å². The highest BCUT2D eigenvalue weighted by Crippen LogP contribution is 2.13. The summed E-state index contributed by atoms with van der Waals surface area (Å²) in [6, 6.07) is 0.0224. The van der Waals surface area contributed by atoms with Crippen molar-refractivity contribution >= 4 is 10.0 Å². The van der Waals surface area contributed by atoms with Gasteiger partial charge < -0.3 is 0 Å². The van der Waals surface area contributed by atoms with E-state index in [-0.39, 0.29) is 6.04 Å². The molecular weight excluding hydrogens is 174 g/mol. The number of rotatable bonds is 3. The zero-order valence-corrected chi connectivity index (χ0v) is 9.33. The first-order chi connectivity index (χ1) is 5.20. The molecule has 0 aromatic rings. The molecule has 1 atom stereocenters. The first kappa shape index (κ1) is 11.9. The van der Waals surface area contributed by atoms with E-state index < -0.39 is 14.8 Å². The molecule has 0 unspecified atom stereocenters. The first-order valence-corrected chi connectivity index (χ1v) is 5.71. The van der Waals surface area contributed by atoms with Crippen LogP contribution in [0, 0.1) is 0 Å². The van der Waals surface area contributed by atoms with E-state index in [4.69, 9.17) is 0 Å². The minimum Gasteiger partial charge on any atom is -0.212 e. The Balaban J connectivity index is 4.46. The Kier molecular flexibility index (Phi) is 3.72. The zero-order chi connectivity index (χ0) is 9.99. The molecule has 0 bridgehead atoms. The van der Waals surface area contributed by atoms with Crippen molar-refractivity contribution in [3.63, 3.8) is 0 Å². The topological polar surface area (TPSA) is 46.2 Å². The van der Waals surface area contributed by atoms with Gasteiger partial charge in [0.2, 0.25) is 10.0 Å². The quantitative estimate of drug-likeness (QED) is 0.738. The molecule has 0 heterocycles. The van der Waals surface area contributed by atoms with Gasteiger partial charge in [-0.3, -0.25) is 0 Å². The van der Waals surface area contributed by atoms with Crippen molar-refractivity contribution in [1.82, 2.24) is 4.72 Å². The average Bonchev–Trinajstić information content (AvgIpc) is 1.84. The fourth-order valence-corrected chi connectivity index (χ4v) is 1.57. The number of hydrogen-bond acceptors (Lipinski definition) is 2. The van der Waals surface area contributed by atoms with E-state index in [1.54, 1.807) is 20.8 Å². The molecule has 0 spiro atoms. The van der Waals surface area contributed by atoms with Gasteiger partial charge in [0.25, 0.3) is 0 Å². The Labute approximate surface area is 75.6 Å². The van der Waals surface area contributed by atoms with E-state index in [1.165, 1.54) is 0 Å². The average molecular weight is 193 g/mol. The molecule has 4 heteroatoms. The minimum atomic E-state index is -3.16. The summed E-state index contributed by atoms with van der Waals surface area (Å²) in [7, 11) is -3.16. The second kappa shape index (κ2) is 3.75. The second-order valence-electron chi connectivity index (χ2n) is 4.04. The SMILES string of the molecule is CC[C@H](C)NS(=O)(=O)C(C)(C)C. The van der Waals surface area contributed by atoms with Crippen LogP contribution in [0.5, 0.6) is 0 Å². The maximum atomic E-state index is 11.5. The van der Waals surface area contributed by atoms with E-state index >= 15 is 0 Å². The van der Waals surface area contributed by atoms with Crippen molar-refractivity contribution in [1.29, 1.82) is 0 Å². The van der Waals surface area contributed by atoms with E-state index in [1.807, 2.05) is 13.8 Å². The van der Waals surface area contributed by atoms with Gasteiger partial charge in [-0.05, 0) is 34.1 Å². The van der Waals surface area contributed by atoms with Crippen LogP contribution in [-0.2, 0) is 10.0 Å². The molecule has 0 rings (SSSR count). The molecule has 0 radical (unpaired) electrons. The van der Waals surface area contributed by atoms with Gasteiger partial charge in [0, 0.05) is 6.04 Å². The molecule has 0 aliphatic rings. The molecule has 0 fully saturated rings. The fraction of sp³-hybridized carbons (Fsp3) is 1.00. The van der Waals surface area contributed by atoms with Crippen LogP contribution in [0.15, 0.2) is 0 Å². The van der Waals surface area contributed by atoms with Crippen LogP contribution in [0.2, 0.25) is 0 Å².